The Hall–Kier alpha value is -1.94. The van der Waals surface area contributed by atoms with Crippen molar-refractivity contribution in [2.45, 2.75) is 4.90 Å². The lowest BCUT2D eigenvalue weighted by Crippen LogP contribution is -2.31. The van der Waals surface area contributed by atoms with Crippen molar-refractivity contribution < 1.29 is 8.42 Å². The van der Waals surface area contributed by atoms with E-state index in [1.807, 2.05) is 19.0 Å². The number of fused-ring (bicyclic) bond motifs is 1. The van der Waals surface area contributed by atoms with Crippen molar-refractivity contribution in [2.24, 2.45) is 16.5 Å². The summed E-state index contributed by atoms with van der Waals surface area (Å²) in [5, 5.41) is 1.44. The summed E-state index contributed by atoms with van der Waals surface area (Å²) in [5.74, 6) is 0.0308. The van der Waals surface area contributed by atoms with Crippen molar-refractivity contribution in [3.05, 3.63) is 29.4 Å². The van der Waals surface area contributed by atoms with Gasteiger partial charge in [-0.3, -0.25) is 0 Å². The Bertz CT molecular complexity index is 878. The van der Waals surface area contributed by atoms with E-state index in [2.05, 4.69) is 14.7 Å². The number of sulfonamides is 1. The zero-order valence-electron chi connectivity index (χ0n) is 13.3. The lowest BCUT2D eigenvalue weighted by molar-refractivity contribution is 0.412. The molecule has 0 aliphatic carbocycles. The molecule has 0 saturated carbocycles. The van der Waals surface area contributed by atoms with Crippen LogP contribution in [0.4, 0.5) is 5.82 Å². The van der Waals surface area contributed by atoms with Gasteiger partial charge in [-0.2, -0.15) is 4.99 Å². The summed E-state index contributed by atoms with van der Waals surface area (Å²) in [6.45, 7) is 0.876. The number of halogens is 1. The van der Waals surface area contributed by atoms with Crippen LogP contribution in [0.5, 0.6) is 0 Å². The van der Waals surface area contributed by atoms with Crippen molar-refractivity contribution in [1.29, 1.82) is 0 Å². The molecule has 0 fully saturated rings. The van der Waals surface area contributed by atoms with Gasteiger partial charge in [0.1, 0.15) is 0 Å². The zero-order chi connectivity index (χ0) is 17.9. The highest BCUT2D eigenvalue weighted by molar-refractivity contribution is 7.89. The monoisotopic (exact) mass is 370 g/mol. The number of nitrogens with zero attached hydrogens (tertiary/aromatic N) is 3. The molecule has 0 aliphatic rings. The molecule has 8 nitrogen and oxygen atoms in total. The highest BCUT2D eigenvalue weighted by Crippen LogP contribution is 2.31. The Morgan fingerprint density at radius 2 is 2.04 bits per heavy atom. The minimum absolute atomic E-state index is 0.0878. The van der Waals surface area contributed by atoms with Crippen LogP contribution in [0, 0.1) is 0 Å². The molecule has 0 bridgehead atoms. The van der Waals surface area contributed by atoms with E-state index in [0.717, 1.165) is 0 Å². The van der Waals surface area contributed by atoms with E-state index in [4.69, 9.17) is 23.1 Å². The van der Waals surface area contributed by atoms with E-state index in [-0.39, 0.29) is 16.7 Å². The molecule has 0 atom stereocenters. The fourth-order valence-corrected chi connectivity index (χ4v) is 3.30. The third-order valence-electron chi connectivity index (χ3n) is 3.19. The van der Waals surface area contributed by atoms with Gasteiger partial charge in [0.25, 0.3) is 0 Å². The normalized spacial score (nSPS) is 11.8. The average Bonchev–Trinajstić information content (AvgIpc) is 2.49. The first-order valence-electron chi connectivity index (χ1n) is 7.03. The van der Waals surface area contributed by atoms with E-state index in [1.165, 1.54) is 18.3 Å². The molecule has 0 spiro atoms. The summed E-state index contributed by atoms with van der Waals surface area (Å²) < 4.78 is 27.4. The third kappa shape index (κ3) is 4.32. The van der Waals surface area contributed by atoms with Gasteiger partial charge < -0.3 is 16.4 Å². The summed E-state index contributed by atoms with van der Waals surface area (Å²) in [7, 11) is 0.0572. The molecular formula is C14H19ClN6O2S. The number of hydrogen-bond donors (Lipinski definition) is 3. The summed E-state index contributed by atoms with van der Waals surface area (Å²) in [6.07, 6.45) is 1.41. The quantitative estimate of drug-likeness (QED) is 0.505. The Morgan fingerprint density at radius 1 is 1.33 bits per heavy atom. The van der Waals surface area contributed by atoms with Gasteiger partial charge in [0.15, 0.2) is 11.8 Å². The van der Waals surface area contributed by atoms with Gasteiger partial charge in [-0.25, -0.2) is 18.1 Å². The van der Waals surface area contributed by atoms with Crippen molar-refractivity contribution in [2.75, 3.05) is 27.2 Å². The van der Waals surface area contributed by atoms with Crippen LogP contribution in [0.2, 0.25) is 5.02 Å². The molecule has 2 rings (SSSR count). The van der Waals surface area contributed by atoms with Crippen LogP contribution in [0.1, 0.15) is 0 Å². The highest BCUT2D eigenvalue weighted by Gasteiger charge is 2.16. The summed E-state index contributed by atoms with van der Waals surface area (Å²) in [5.41, 5.74) is 10.8. The van der Waals surface area contributed by atoms with Gasteiger partial charge >= 0.3 is 0 Å². The predicted molar refractivity (Wildman–Crippen MR) is 96.0 cm³/mol. The van der Waals surface area contributed by atoms with E-state index in [1.54, 1.807) is 6.07 Å². The molecule has 0 saturated heterocycles. The molecule has 10 heteroatoms. The molecule has 1 aromatic heterocycles. The topological polar surface area (TPSA) is 127 Å². The zero-order valence-corrected chi connectivity index (χ0v) is 14.9. The van der Waals surface area contributed by atoms with E-state index < -0.39 is 10.0 Å². The van der Waals surface area contributed by atoms with Crippen LogP contribution >= 0.6 is 11.6 Å². The Kier molecular flexibility index (Phi) is 5.60. The fourth-order valence-electron chi connectivity index (χ4n) is 2.04. The van der Waals surface area contributed by atoms with Crippen LogP contribution < -0.4 is 16.2 Å². The van der Waals surface area contributed by atoms with Crippen LogP contribution in [0.3, 0.4) is 0 Å². The summed E-state index contributed by atoms with van der Waals surface area (Å²) in [4.78, 5) is 9.94. The number of aliphatic imine (C=N–C) groups is 1. The first kappa shape index (κ1) is 18.4. The maximum absolute atomic E-state index is 12.4. The SMILES string of the molecule is CN(C)CCNS(=O)(=O)c1ccc2c(Cl)cnc(N=C(N)N)c2c1. The molecule has 5 N–H and O–H groups in total. The minimum Gasteiger partial charge on any atom is -0.370 e. The molecule has 0 amide bonds. The number of guanidine groups is 1. The maximum atomic E-state index is 12.4. The molecule has 130 valence electrons. The number of aromatic nitrogens is 1. The fraction of sp³-hybridized carbons (Fsp3) is 0.286. The van der Waals surface area contributed by atoms with E-state index >= 15 is 0 Å². The second kappa shape index (κ2) is 7.31. The average molecular weight is 371 g/mol. The van der Waals surface area contributed by atoms with Gasteiger partial charge in [-0.1, -0.05) is 17.7 Å². The number of pyridine rings is 1. The van der Waals surface area contributed by atoms with Gasteiger partial charge in [-0.15, -0.1) is 0 Å². The van der Waals surface area contributed by atoms with Gasteiger partial charge in [0.05, 0.1) is 9.92 Å². The molecule has 2 aromatic rings. The Labute approximate surface area is 145 Å². The van der Waals surface area contributed by atoms with Gasteiger partial charge in [0, 0.05) is 30.1 Å². The van der Waals surface area contributed by atoms with Gasteiger partial charge in [-0.05, 0) is 26.2 Å². The van der Waals surface area contributed by atoms with Gasteiger partial charge in [0.2, 0.25) is 10.0 Å². The second-order valence-electron chi connectivity index (χ2n) is 5.37. The van der Waals surface area contributed by atoms with Crippen LogP contribution in [-0.2, 0) is 10.0 Å². The molecular weight excluding hydrogens is 352 g/mol. The van der Waals surface area contributed by atoms with Crippen LogP contribution in [0.25, 0.3) is 10.8 Å². The first-order chi connectivity index (χ1) is 11.2. The number of nitrogens with one attached hydrogen (secondary N) is 1. The molecule has 24 heavy (non-hydrogen) atoms. The highest BCUT2D eigenvalue weighted by atomic mass is 35.5. The predicted octanol–water partition coefficient (Wildman–Crippen LogP) is 0.633. The number of rotatable bonds is 6. The van der Waals surface area contributed by atoms with E-state index in [9.17, 15) is 8.42 Å². The third-order valence-corrected chi connectivity index (χ3v) is 4.95. The molecule has 1 aromatic carbocycles. The Balaban J connectivity index is 2.48. The summed E-state index contributed by atoms with van der Waals surface area (Å²) >= 11 is 6.11. The van der Waals surface area contributed by atoms with E-state index in [0.29, 0.717) is 28.9 Å². The number of likely N-dealkylation sites (N-methyl/N-ethyl adjacent to an activating group) is 1. The molecule has 1 heterocycles. The van der Waals surface area contributed by atoms with Crippen LogP contribution in [0.15, 0.2) is 34.3 Å². The lowest BCUT2D eigenvalue weighted by atomic mass is 10.1. The van der Waals surface area contributed by atoms with Crippen molar-refractivity contribution >= 4 is 44.2 Å². The standard InChI is InChI=1S/C14H19ClN6O2S/c1-21(2)6-5-19-24(22,23)9-3-4-10-11(7-9)13(20-14(16)17)18-8-12(10)15/h3-4,7-8,19H,5-6H2,1-2H3,(H4,16,17,18,20). The second-order valence-corrected chi connectivity index (χ2v) is 7.55. The van der Waals surface area contributed by atoms with Crippen LogP contribution in [-0.4, -0.2) is 51.4 Å². The summed E-state index contributed by atoms with van der Waals surface area (Å²) in [6, 6.07) is 4.53. The van der Waals surface area contributed by atoms with Crippen molar-refractivity contribution in [3.63, 3.8) is 0 Å². The number of benzene rings is 1. The minimum atomic E-state index is -3.66. The van der Waals surface area contributed by atoms with Crippen molar-refractivity contribution in [1.82, 2.24) is 14.6 Å². The smallest absolute Gasteiger partial charge is 0.240 e. The molecule has 0 radical (unpaired) electrons. The molecule has 0 unspecified atom stereocenters. The number of hydrogen-bond acceptors (Lipinski definition) is 5. The molecule has 0 aliphatic heterocycles. The van der Waals surface area contributed by atoms with Crippen molar-refractivity contribution in [3.8, 4) is 0 Å². The number of nitrogens with two attached hydrogens (primary N) is 2. The largest absolute Gasteiger partial charge is 0.370 e. The lowest BCUT2D eigenvalue weighted by Gasteiger charge is -2.12. The first-order valence-corrected chi connectivity index (χ1v) is 8.89. The Morgan fingerprint density at radius 3 is 2.67 bits per heavy atom. The maximum Gasteiger partial charge on any atom is 0.240 e.